The van der Waals surface area contributed by atoms with Crippen molar-refractivity contribution in [1.29, 1.82) is 0 Å². The van der Waals surface area contributed by atoms with Gasteiger partial charge in [0.25, 0.3) is 0 Å². The predicted molar refractivity (Wildman–Crippen MR) is 91.1 cm³/mol. The second-order valence-corrected chi connectivity index (χ2v) is 7.74. The maximum absolute atomic E-state index is 10.7. The number of hydrogen-bond donors (Lipinski definition) is 2. The van der Waals surface area contributed by atoms with E-state index in [1.165, 1.54) is 18.9 Å². The summed E-state index contributed by atoms with van der Waals surface area (Å²) in [6.45, 7) is 2.13. The third-order valence-corrected chi connectivity index (χ3v) is 4.55. The van der Waals surface area contributed by atoms with Gasteiger partial charge >= 0.3 is 159 Å². The Morgan fingerprint density at radius 1 is 0.929 bits per heavy atom. The van der Waals surface area contributed by atoms with Crippen LogP contribution in [0.15, 0.2) is 12.2 Å². The standard InChI is InChI=1S/C12H20O4.3Ba.O7Si2/c1-2-3-4-5-6-7-8-10(12(15)16)9-11(13)14;;;;1-8(2,3)7-9(4,5)6/h7-8,10H,2-6,9H2,1H3,(H,13,14)(H,15,16);;;;/q;3*+2;-6. The van der Waals surface area contributed by atoms with Gasteiger partial charge in [-0.1, -0.05) is 38.3 Å². The summed E-state index contributed by atoms with van der Waals surface area (Å²) in [6.07, 6.45) is 8.26. The van der Waals surface area contributed by atoms with Gasteiger partial charge in [-0.15, -0.1) is 18.1 Å². The van der Waals surface area contributed by atoms with E-state index in [0.29, 0.717) is 0 Å². The second kappa shape index (κ2) is 23.7. The van der Waals surface area contributed by atoms with Crippen LogP contribution in [0.2, 0.25) is 0 Å². The molecule has 0 saturated heterocycles. The van der Waals surface area contributed by atoms with E-state index in [1.807, 2.05) is 0 Å². The normalized spacial score (nSPS) is 11.8. The zero-order chi connectivity index (χ0) is 20.1. The number of carboxylic acids is 2. The number of allylic oxidation sites excluding steroid dienone is 1. The number of carboxylic acid groups (broad SMARTS) is 2. The minimum atomic E-state index is -5.92. The van der Waals surface area contributed by atoms with Gasteiger partial charge in [0.2, 0.25) is 0 Å². The monoisotopic (exact) mass is 810 g/mol. The summed E-state index contributed by atoms with van der Waals surface area (Å²) in [6, 6.07) is 0. The first-order valence-electron chi connectivity index (χ1n) is 7.32. The molecule has 1 unspecified atom stereocenters. The SMILES string of the molecule is CCCCCCC=CC(CC(=O)O)C(=O)O.[Ba+2].[Ba+2].[Ba+2].[O-][Si]([O-])([O-])O[Si]([O-])([O-])[O-]. The molecule has 0 aromatic heterocycles. The molecule has 0 aliphatic heterocycles. The summed E-state index contributed by atoms with van der Waals surface area (Å²) in [5.74, 6) is -3.06. The Balaban J connectivity index is -0.000000128. The van der Waals surface area contributed by atoms with Gasteiger partial charge in [-0.25, -0.2) is 0 Å². The molecule has 0 aromatic carbocycles. The van der Waals surface area contributed by atoms with Crippen molar-refractivity contribution >= 4 is 177 Å². The maximum Gasteiger partial charge on any atom is 2.00 e. The molecular formula is C12H20Ba3O11Si2. The number of carbonyl (C=O) groups is 2. The summed E-state index contributed by atoms with van der Waals surface area (Å²) in [5, 5.41) is 17.3. The Hall–Kier alpha value is 3.55. The fourth-order valence-corrected chi connectivity index (χ4v) is 2.75. The number of rotatable bonds is 11. The van der Waals surface area contributed by atoms with E-state index >= 15 is 0 Å². The molecular weight excluding hydrogens is 788 g/mol. The molecule has 0 fully saturated rings. The van der Waals surface area contributed by atoms with E-state index in [2.05, 4.69) is 11.0 Å². The van der Waals surface area contributed by atoms with Gasteiger partial charge in [-0.05, 0) is 12.8 Å². The van der Waals surface area contributed by atoms with Crippen LogP contribution in [0.3, 0.4) is 0 Å². The first-order valence-corrected chi connectivity index (χ1v) is 10.6. The molecule has 0 amide bonds. The van der Waals surface area contributed by atoms with Gasteiger partial charge in [-0.2, -0.15) is 0 Å². The Kier molecular flexibility index (Phi) is 35.4. The Morgan fingerprint density at radius 2 is 1.39 bits per heavy atom. The third-order valence-electron chi connectivity index (χ3n) is 2.55. The zero-order valence-corrected chi connectivity index (χ0v) is 31.0. The molecule has 148 valence electrons. The number of aliphatic carboxylic acids is 2. The minimum absolute atomic E-state index is 0. The van der Waals surface area contributed by atoms with Gasteiger partial charge in [0.15, 0.2) is 0 Å². The van der Waals surface area contributed by atoms with Crippen molar-refractivity contribution in [3.63, 3.8) is 0 Å². The first-order chi connectivity index (χ1) is 11.3. The van der Waals surface area contributed by atoms with E-state index in [0.717, 1.165) is 19.3 Å². The molecule has 0 rings (SSSR count). The Bertz CT molecular complexity index is 416. The molecule has 0 heterocycles. The Morgan fingerprint density at radius 3 is 1.68 bits per heavy atom. The van der Waals surface area contributed by atoms with Crippen LogP contribution in [0.4, 0.5) is 0 Å². The molecule has 0 aliphatic rings. The predicted octanol–water partition coefficient (Wildman–Crippen LogP) is -6.42. The summed E-state index contributed by atoms with van der Waals surface area (Å²) in [4.78, 5) is 77.2. The van der Waals surface area contributed by atoms with Crippen molar-refractivity contribution < 1.29 is 52.7 Å². The van der Waals surface area contributed by atoms with Crippen LogP contribution < -0.4 is 28.8 Å². The molecule has 0 bridgehead atoms. The molecule has 1 atom stereocenters. The second-order valence-electron chi connectivity index (χ2n) is 4.92. The average Bonchev–Trinajstić information content (AvgIpc) is 2.37. The Labute approximate surface area is 286 Å². The molecule has 0 spiro atoms. The van der Waals surface area contributed by atoms with E-state index in [1.54, 1.807) is 6.08 Å². The zero-order valence-electron chi connectivity index (χ0n) is 15.7. The fourth-order valence-electron chi connectivity index (χ4n) is 1.53. The van der Waals surface area contributed by atoms with Gasteiger partial charge in [0, 0.05) is 0 Å². The van der Waals surface area contributed by atoms with Crippen LogP contribution >= 0.6 is 0 Å². The van der Waals surface area contributed by atoms with Crippen LogP contribution in [0.25, 0.3) is 0 Å². The largest absolute Gasteiger partial charge is 2.00 e. The van der Waals surface area contributed by atoms with Crippen LogP contribution in [0.5, 0.6) is 0 Å². The molecule has 28 heavy (non-hydrogen) atoms. The maximum atomic E-state index is 10.7. The topological polar surface area (TPSA) is 222 Å². The van der Waals surface area contributed by atoms with Crippen molar-refractivity contribution in [2.75, 3.05) is 0 Å². The summed E-state index contributed by atoms with van der Waals surface area (Å²) in [7, 11) is -11.8. The summed E-state index contributed by atoms with van der Waals surface area (Å²) < 4.78 is 2.57. The van der Waals surface area contributed by atoms with E-state index < -0.39 is 36.0 Å². The smallest absolute Gasteiger partial charge is 0.862 e. The van der Waals surface area contributed by atoms with Gasteiger partial charge in [-0.3, -0.25) is 9.59 Å². The van der Waals surface area contributed by atoms with Crippen molar-refractivity contribution in [1.82, 2.24) is 0 Å². The van der Waals surface area contributed by atoms with Gasteiger partial charge in [0.05, 0.1) is 12.3 Å². The molecule has 0 radical (unpaired) electrons. The molecule has 16 heteroatoms. The quantitative estimate of drug-likeness (QED) is 0.114. The van der Waals surface area contributed by atoms with Gasteiger partial charge < -0.3 is 43.1 Å². The van der Waals surface area contributed by atoms with E-state index in [-0.39, 0.29) is 153 Å². The summed E-state index contributed by atoms with van der Waals surface area (Å²) >= 11 is 0. The van der Waals surface area contributed by atoms with E-state index in [9.17, 15) is 38.4 Å². The summed E-state index contributed by atoms with van der Waals surface area (Å²) in [5.41, 5.74) is 0. The minimum Gasteiger partial charge on any atom is -0.862 e. The fraction of sp³-hybridized carbons (Fsp3) is 0.667. The van der Waals surface area contributed by atoms with Crippen LogP contribution in [0, 0.1) is 5.92 Å². The first kappa shape index (κ1) is 41.8. The molecule has 0 aromatic rings. The van der Waals surface area contributed by atoms with Crippen molar-refractivity contribution in [2.24, 2.45) is 5.92 Å². The van der Waals surface area contributed by atoms with Crippen molar-refractivity contribution in [2.45, 2.75) is 45.4 Å². The number of unbranched alkanes of at least 4 members (excludes halogenated alkanes) is 4. The average molecular weight is 808 g/mol. The van der Waals surface area contributed by atoms with E-state index in [4.69, 9.17) is 10.2 Å². The van der Waals surface area contributed by atoms with Crippen LogP contribution in [-0.2, 0) is 13.7 Å². The molecule has 11 nitrogen and oxygen atoms in total. The number of hydrogen-bond acceptors (Lipinski definition) is 9. The van der Waals surface area contributed by atoms with Gasteiger partial charge in [0.1, 0.15) is 0 Å². The molecule has 0 aliphatic carbocycles. The van der Waals surface area contributed by atoms with Crippen LogP contribution in [-0.4, -0.2) is 187 Å². The molecule has 0 saturated carbocycles. The van der Waals surface area contributed by atoms with Crippen molar-refractivity contribution in [3.05, 3.63) is 12.2 Å². The third kappa shape index (κ3) is 36.9. The molecule has 2 N–H and O–H groups in total. The van der Waals surface area contributed by atoms with Crippen LogP contribution in [0.1, 0.15) is 45.4 Å². The van der Waals surface area contributed by atoms with Crippen molar-refractivity contribution in [3.8, 4) is 0 Å².